The van der Waals surface area contributed by atoms with Gasteiger partial charge in [-0.15, -0.1) is 0 Å². The van der Waals surface area contributed by atoms with Gasteiger partial charge < -0.3 is 5.32 Å². The maximum absolute atomic E-state index is 13.1. The van der Waals surface area contributed by atoms with Gasteiger partial charge in [0.05, 0.1) is 17.4 Å². The molecule has 0 spiro atoms. The second kappa shape index (κ2) is 4.65. The molecule has 0 fully saturated rings. The average molecular weight is 256 g/mol. The molecule has 4 heteroatoms. The smallest absolute Gasteiger partial charge is 0.160 e. The molecule has 0 atom stereocenters. The highest BCUT2D eigenvalue weighted by molar-refractivity contribution is 5.82. The monoisotopic (exact) mass is 256 g/mol. The van der Waals surface area contributed by atoms with E-state index in [2.05, 4.69) is 10.3 Å². The summed E-state index contributed by atoms with van der Waals surface area (Å²) in [4.78, 5) is 4.29. The van der Waals surface area contributed by atoms with Gasteiger partial charge in [-0.25, -0.2) is 8.78 Å². The third kappa shape index (κ3) is 2.38. The highest BCUT2D eigenvalue weighted by Crippen LogP contribution is 2.21. The molecule has 3 rings (SSSR count). The van der Waals surface area contributed by atoms with Crippen molar-refractivity contribution in [2.45, 2.75) is 0 Å². The molecule has 0 aliphatic carbocycles. The number of fused-ring (bicyclic) bond motifs is 1. The first-order valence-corrected chi connectivity index (χ1v) is 5.79. The van der Waals surface area contributed by atoms with Gasteiger partial charge in [0, 0.05) is 17.1 Å². The zero-order valence-corrected chi connectivity index (χ0v) is 9.90. The number of hydrogen-bond donors (Lipinski definition) is 1. The molecule has 1 N–H and O–H groups in total. The number of hydrogen-bond acceptors (Lipinski definition) is 2. The number of pyridine rings is 1. The van der Waals surface area contributed by atoms with Gasteiger partial charge >= 0.3 is 0 Å². The van der Waals surface area contributed by atoms with Crippen molar-refractivity contribution in [1.29, 1.82) is 0 Å². The van der Waals surface area contributed by atoms with E-state index in [1.54, 1.807) is 6.20 Å². The number of nitrogens with zero attached hydrogens (tertiary/aromatic N) is 1. The molecule has 0 amide bonds. The van der Waals surface area contributed by atoms with Gasteiger partial charge in [-0.1, -0.05) is 18.2 Å². The summed E-state index contributed by atoms with van der Waals surface area (Å²) in [5, 5.41) is 3.98. The molecule has 94 valence electrons. The van der Waals surface area contributed by atoms with Gasteiger partial charge in [-0.3, -0.25) is 4.98 Å². The van der Waals surface area contributed by atoms with E-state index >= 15 is 0 Å². The maximum Gasteiger partial charge on any atom is 0.160 e. The molecule has 0 radical (unpaired) electrons. The summed E-state index contributed by atoms with van der Waals surface area (Å²) in [6, 6.07) is 13.3. The SMILES string of the molecule is Fc1ccc(Nc2cnc3ccccc3c2)cc1F. The number of aromatic nitrogens is 1. The lowest BCUT2D eigenvalue weighted by molar-refractivity contribution is 0.509. The minimum Gasteiger partial charge on any atom is -0.354 e. The number of halogens is 2. The van der Waals surface area contributed by atoms with Crippen LogP contribution in [0.4, 0.5) is 20.2 Å². The third-order valence-corrected chi connectivity index (χ3v) is 2.80. The van der Waals surface area contributed by atoms with Crippen LogP contribution >= 0.6 is 0 Å². The average Bonchev–Trinajstić information content (AvgIpc) is 2.43. The van der Waals surface area contributed by atoms with E-state index < -0.39 is 11.6 Å². The molecule has 0 saturated carbocycles. The Morgan fingerprint density at radius 1 is 0.842 bits per heavy atom. The molecule has 0 bridgehead atoms. The summed E-state index contributed by atoms with van der Waals surface area (Å²) >= 11 is 0. The van der Waals surface area contributed by atoms with Crippen molar-refractivity contribution in [1.82, 2.24) is 4.98 Å². The number of benzene rings is 2. The van der Waals surface area contributed by atoms with Crippen LogP contribution in [0.1, 0.15) is 0 Å². The topological polar surface area (TPSA) is 24.9 Å². The van der Waals surface area contributed by atoms with E-state index in [-0.39, 0.29) is 0 Å². The molecule has 1 aromatic heterocycles. The number of anilines is 2. The molecule has 19 heavy (non-hydrogen) atoms. The highest BCUT2D eigenvalue weighted by atomic mass is 19.2. The number of rotatable bonds is 2. The van der Waals surface area contributed by atoms with E-state index in [0.29, 0.717) is 5.69 Å². The van der Waals surface area contributed by atoms with Crippen LogP contribution in [0, 0.1) is 11.6 Å². The first-order chi connectivity index (χ1) is 9.22. The van der Waals surface area contributed by atoms with Gasteiger partial charge in [0.15, 0.2) is 11.6 Å². The van der Waals surface area contributed by atoms with Crippen LogP contribution in [0.3, 0.4) is 0 Å². The normalized spacial score (nSPS) is 10.6. The quantitative estimate of drug-likeness (QED) is 0.741. The Balaban J connectivity index is 1.94. The maximum atomic E-state index is 13.1. The van der Waals surface area contributed by atoms with Crippen LogP contribution in [0.15, 0.2) is 54.7 Å². The van der Waals surface area contributed by atoms with E-state index in [4.69, 9.17) is 0 Å². The zero-order chi connectivity index (χ0) is 13.2. The Kier molecular flexibility index (Phi) is 2.83. The van der Waals surface area contributed by atoms with Gasteiger partial charge in [0.25, 0.3) is 0 Å². The van der Waals surface area contributed by atoms with Crippen molar-refractivity contribution >= 4 is 22.3 Å². The highest BCUT2D eigenvalue weighted by Gasteiger charge is 2.03. The lowest BCUT2D eigenvalue weighted by Gasteiger charge is -2.07. The summed E-state index contributed by atoms with van der Waals surface area (Å²) in [6.07, 6.45) is 1.66. The lowest BCUT2D eigenvalue weighted by Crippen LogP contribution is -1.93. The molecule has 2 aromatic carbocycles. The summed E-state index contributed by atoms with van der Waals surface area (Å²) in [5.41, 5.74) is 2.10. The van der Waals surface area contributed by atoms with Gasteiger partial charge in [0.2, 0.25) is 0 Å². The molecule has 0 unspecified atom stereocenters. The second-order valence-electron chi connectivity index (χ2n) is 4.17. The summed E-state index contributed by atoms with van der Waals surface area (Å²) in [6.45, 7) is 0. The fourth-order valence-electron chi connectivity index (χ4n) is 1.88. The van der Waals surface area contributed by atoms with E-state index in [0.717, 1.165) is 28.7 Å². The van der Waals surface area contributed by atoms with E-state index in [9.17, 15) is 8.78 Å². The minimum absolute atomic E-state index is 0.482. The van der Waals surface area contributed by atoms with E-state index in [1.807, 2.05) is 30.3 Å². The minimum atomic E-state index is -0.876. The Hall–Kier alpha value is -2.49. The van der Waals surface area contributed by atoms with Crippen molar-refractivity contribution in [2.24, 2.45) is 0 Å². The predicted molar refractivity (Wildman–Crippen MR) is 71.4 cm³/mol. The van der Waals surface area contributed by atoms with Crippen LogP contribution < -0.4 is 5.32 Å². The van der Waals surface area contributed by atoms with Crippen molar-refractivity contribution in [3.63, 3.8) is 0 Å². The third-order valence-electron chi connectivity index (χ3n) is 2.80. The Morgan fingerprint density at radius 2 is 1.68 bits per heavy atom. The molecular formula is C15H10F2N2. The predicted octanol–water partition coefficient (Wildman–Crippen LogP) is 4.26. The fourth-order valence-corrected chi connectivity index (χ4v) is 1.88. The van der Waals surface area contributed by atoms with E-state index in [1.165, 1.54) is 6.07 Å². The van der Waals surface area contributed by atoms with Crippen LogP contribution in [-0.4, -0.2) is 4.98 Å². The Labute approximate surface area is 108 Å². The second-order valence-corrected chi connectivity index (χ2v) is 4.17. The standard InChI is InChI=1S/C15H10F2N2/c16-13-6-5-11(8-14(13)17)19-12-7-10-3-1-2-4-15(10)18-9-12/h1-9,19H. The first-order valence-electron chi connectivity index (χ1n) is 5.79. The summed E-state index contributed by atoms with van der Waals surface area (Å²) in [5.74, 6) is -1.74. The van der Waals surface area contributed by atoms with Crippen molar-refractivity contribution in [3.8, 4) is 0 Å². The summed E-state index contributed by atoms with van der Waals surface area (Å²) < 4.78 is 25.9. The molecule has 2 nitrogen and oxygen atoms in total. The Morgan fingerprint density at radius 3 is 2.53 bits per heavy atom. The van der Waals surface area contributed by atoms with Crippen LogP contribution in [-0.2, 0) is 0 Å². The number of nitrogens with one attached hydrogen (secondary N) is 1. The Bertz CT molecular complexity index is 741. The molecule has 0 saturated heterocycles. The lowest BCUT2D eigenvalue weighted by atomic mass is 10.2. The largest absolute Gasteiger partial charge is 0.354 e. The first kappa shape index (κ1) is 11.6. The van der Waals surface area contributed by atoms with Crippen molar-refractivity contribution in [3.05, 3.63) is 66.4 Å². The summed E-state index contributed by atoms with van der Waals surface area (Å²) in [7, 11) is 0. The van der Waals surface area contributed by atoms with Crippen LogP contribution in [0.5, 0.6) is 0 Å². The van der Waals surface area contributed by atoms with Gasteiger partial charge in [-0.05, 0) is 24.3 Å². The fraction of sp³-hybridized carbons (Fsp3) is 0. The van der Waals surface area contributed by atoms with Crippen LogP contribution in [0.2, 0.25) is 0 Å². The molecule has 0 aliphatic heterocycles. The number of para-hydroxylation sites is 1. The van der Waals surface area contributed by atoms with Crippen molar-refractivity contribution < 1.29 is 8.78 Å². The molecule has 0 aliphatic rings. The molecular weight excluding hydrogens is 246 g/mol. The molecule has 3 aromatic rings. The van der Waals surface area contributed by atoms with Gasteiger partial charge in [-0.2, -0.15) is 0 Å². The van der Waals surface area contributed by atoms with Crippen molar-refractivity contribution in [2.75, 3.05) is 5.32 Å². The molecule has 1 heterocycles. The zero-order valence-electron chi connectivity index (χ0n) is 9.90. The van der Waals surface area contributed by atoms with Crippen LogP contribution in [0.25, 0.3) is 10.9 Å². The van der Waals surface area contributed by atoms with Gasteiger partial charge in [0.1, 0.15) is 0 Å².